The number of hydrogen-bond acceptors (Lipinski definition) is 3. The van der Waals surface area contributed by atoms with Crippen LogP contribution in [0.4, 0.5) is 0 Å². The van der Waals surface area contributed by atoms with Gasteiger partial charge in [0.2, 0.25) is 5.91 Å². The van der Waals surface area contributed by atoms with Crippen LogP contribution in [0.1, 0.15) is 43.2 Å². The van der Waals surface area contributed by atoms with E-state index in [1.54, 1.807) is 0 Å². The molecule has 0 aromatic heterocycles. The summed E-state index contributed by atoms with van der Waals surface area (Å²) < 4.78 is 5.60. The molecule has 2 heterocycles. The second-order valence-electron chi connectivity index (χ2n) is 7.96. The molecule has 0 spiro atoms. The molecule has 1 amide bonds. The molecule has 1 saturated heterocycles. The second kappa shape index (κ2) is 7.36. The van der Waals surface area contributed by atoms with Gasteiger partial charge in [0.15, 0.2) is 0 Å². The molecule has 1 saturated carbocycles. The average Bonchev–Trinajstić information content (AvgIpc) is 3.05. The molecule has 2 aliphatic heterocycles. The van der Waals surface area contributed by atoms with Crippen LogP contribution in [0.2, 0.25) is 0 Å². The van der Waals surface area contributed by atoms with Gasteiger partial charge in [-0.15, -0.1) is 0 Å². The van der Waals surface area contributed by atoms with Crippen LogP contribution in [0.3, 0.4) is 0 Å². The SMILES string of the molecule is CN(C(=O)C1CCC1)C1CCCN(CCc2ccc3c(c2)CCO3)C1. The van der Waals surface area contributed by atoms with Crippen molar-refractivity contribution >= 4 is 5.91 Å². The van der Waals surface area contributed by atoms with Crippen LogP contribution in [0.25, 0.3) is 0 Å². The molecule has 25 heavy (non-hydrogen) atoms. The van der Waals surface area contributed by atoms with Crippen LogP contribution in [0, 0.1) is 5.92 Å². The van der Waals surface area contributed by atoms with E-state index in [-0.39, 0.29) is 0 Å². The molecule has 3 aliphatic rings. The van der Waals surface area contributed by atoms with E-state index in [4.69, 9.17) is 4.74 Å². The van der Waals surface area contributed by atoms with E-state index in [1.807, 2.05) is 7.05 Å². The third-order valence-electron chi connectivity index (χ3n) is 6.30. The first kappa shape index (κ1) is 16.9. The Morgan fingerprint density at radius 1 is 1.28 bits per heavy atom. The van der Waals surface area contributed by atoms with E-state index in [1.165, 1.54) is 24.0 Å². The number of piperidine rings is 1. The number of carbonyl (C=O) groups is 1. The van der Waals surface area contributed by atoms with Gasteiger partial charge in [-0.25, -0.2) is 0 Å². The molecule has 0 radical (unpaired) electrons. The molecular formula is C21H30N2O2. The quantitative estimate of drug-likeness (QED) is 0.825. The van der Waals surface area contributed by atoms with E-state index in [0.717, 1.165) is 64.1 Å². The van der Waals surface area contributed by atoms with Gasteiger partial charge in [0.1, 0.15) is 5.75 Å². The fraction of sp³-hybridized carbons (Fsp3) is 0.667. The summed E-state index contributed by atoms with van der Waals surface area (Å²) in [6.07, 6.45) is 7.91. The largest absolute Gasteiger partial charge is 0.493 e. The monoisotopic (exact) mass is 342 g/mol. The highest BCUT2D eigenvalue weighted by Gasteiger charge is 2.32. The summed E-state index contributed by atoms with van der Waals surface area (Å²) in [5, 5.41) is 0. The number of ether oxygens (including phenoxy) is 1. The van der Waals surface area contributed by atoms with Crippen LogP contribution in [0.5, 0.6) is 5.75 Å². The molecule has 2 fully saturated rings. The lowest BCUT2D eigenvalue weighted by Gasteiger charge is -2.40. The van der Waals surface area contributed by atoms with Crippen molar-refractivity contribution in [2.75, 3.05) is 33.3 Å². The number of benzene rings is 1. The van der Waals surface area contributed by atoms with Crippen molar-refractivity contribution in [2.45, 2.75) is 51.0 Å². The lowest BCUT2D eigenvalue weighted by Crippen LogP contribution is -2.51. The Labute approximate surface area is 151 Å². The standard InChI is InChI=1S/C21H30N2O2/c1-22(21(24)17-4-2-5-17)19-6-3-11-23(15-19)12-9-16-7-8-20-18(14-16)10-13-25-20/h7-8,14,17,19H,2-6,9-13,15H2,1H3. The van der Waals surface area contributed by atoms with Crippen molar-refractivity contribution in [2.24, 2.45) is 5.92 Å². The van der Waals surface area contributed by atoms with Crippen molar-refractivity contribution in [1.82, 2.24) is 9.80 Å². The Hall–Kier alpha value is -1.55. The minimum Gasteiger partial charge on any atom is -0.493 e. The number of rotatable bonds is 5. The lowest BCUT2D eigenvalue weighted by molar-refractivity contribution is -0.140. The summed E-state index contributed by atoms with van der Waals surface area (Å²) in [7, 11) is 2.02. The normalized spacial score (nSPS) is 23.6. The Morgan fingerprint density at radius 3 is 2.96 bits per heavy atom. The Bertz CT molecular complexity index is 626. The number of hydrogen-bond donors (Lipinski definition) is 0. The maximum atomic E-state index is 12.5. The van der Waals surface area contributed by atoms with Crippen molar-refractivity contribution in [3.05, 3.63) is 29.3 Å². The zero-order valence-electron chi connectivity index (χ0n) is 15.4. The molecule has 4 nitrogen and oxygen atoms in total. The van der Waals surface area contributed by atoms with Crippen molar-refractivity contribution < 1.29 is 9.53 Å². The molecule has 0 N–H and O–H groups in total. The predicted octanol–water partition coefficient (Wildman–Crippen LogP) is 2.89. The Balaban J connectivity index is 1.30. The minimum absolute atomic E-state index is 0.314. The van der Waals surface area contributed by atoms with Gasteiger partial charge in [0.05, 0.1) is 6.61 Å². The zero-order valence-corrected chi connectivity index (χ0v) is 15.4. The van der Waals surface area contributed by atoms with Crippen LogP contribution in [-0.4, -0.2) is 55.0 Å². The maximum absolute atomic E-state index is 12.5. The first-order valence-electron chi connectivity index (χ1n) is 9.94. The van der Waals surface area contributed by atoms with Crippen molar-refractivity contribution in [3.8, 4) is 5.75 Å². The summed E-state index contributed by atoms with van der Waals surface area (Å²) in [6, 6.07) is 7.05. The molecule has 1 aromatic rings. The number of fused-ring (bicyclic) bond motifs is 1. The predicted molar refractivity (Wildman–Crippen MR) is 98.9 cm³/mol. The number of nitrogens with zero attached hydrogens (tertiary/aromatic N) is 2. The summed E-state index contributed by atoms with van der Waals surface area (Å²) in [5.41, 5.74) is 2.77. The van der Waals surface area contributed by atoms with Crippen LogP contribution < -0.4 is 4.74 Å². The third kappa shape index (κ3) is 3.69. The molecule has 1 aliphatic carbocycles. The van der Waals surface area contributed by atoms with Crippen molar-refractivity contribution in [1.29, 1.82) is 0 Å². The second-order valence-corrected chi connectivity index (χ2v) is 7.96. The molecule has 0 bridgehead atoms. The Kier molecular flexibility index (Phi) is 4.98. The zero-order chi connectivity index (χ0) is 17.2. The summed E-state index contributed by atoms with van der Waals surface area (Å²) >= 11 is 0. The number of carbonyl (C=O) groups excluding carboxylic acids is 1. The molecule has 1 atom stereocenters. The van der Waals surface area contributed by atoms with Crippen molar-refractivity contribution in [3.63, 3.8) is 0 Å². The van der Waals surface area contributed by atoms with E-state index in [0.29, 0.717) is 17.9 Å². The summed E-state index contributed by atoms with van der Waals surface area (Å²) in [5.74, 6) is 1.77. The summed E-state index contributed by atoms with van der Waals surface area (Å²) in [6.45, 7) is 4.11. The minimum atomic E-state index is 0.314. The molecule has 1 aromatic carbocycles. The van der Waals surface area contributed by atoms with Gasteiger partial charge in [-0.3, -0.25) is 4.79 Å². The van der Waals surface area contributed by atoms with Crippen LogP contribution in [-0.2, 0) is 17.6 Å². The molecule has 4 rings (SSSR count). The first-order chi connectivity index (χ1) is 12.2. The summed E-state index contributed by atoms with van der Waals surface area (Å²) in [4.78, 5) is 17.1. The highest BCUT2D eigenvalue weighted by Crippen LogP contribution is 2.30. The fourth-order valence-corrected chi connectivity index (χ4v) is 4.36. The highest BCUT2D eigenvalue weighted by atomic mass is 16.5. The number of likely N-dealkylation sites (N-methyl/N-ethyl adjacent to an activating group) is 1. The smallest absolute Gasteiger partial charge is 0.225 e. The van der Waals surface area contributed by atoms with Gasteiger partial charge >= 0.3 is 0 Å². The maximum Gasteiger partial charge on any atom is 0.225 e. The fourth-order valence-electron chi connectivity index (χ4n) is 4.36. The number of amides is 1. The Morgan fingerprint density at radius 2 is 2.16 bits per heavy atom. The molecule has 1 unspecified atom stereocenters. The van der Waals surface area contributed by atoms with E-state index in [9.17, 15) is 4.79 Å². The van der Waals surface area contributed by atoms with E-state index in [2.05, 4.69) is 28.0 Å². The number of likely N-dealkylation sites (tertiary alicyclic amines) is 1. The van der Waals surface area contributed by atoms with E-state index < -0.39 is 0 Å². The molecule has 4 heteroatoms. The van der Waals surface area contributed by atoms with Gasteiger partial charge in [-0.1, -0.05) is 18.6 Å². The average molecular weight is 342 g/mol. The van der Waals surface area contributed by atoms with Gasteiger partial charge in [0, 0.05) is 38.5 Å². The van der Waals surface area contributed by atoms with Gasteiger partial charge in [0.25, 0.3) is 0 Å². The first-order valence-corrected chi connectivity index (χ1v) is 9.94. The van der Waals surface area contributed by atoms with E-state index >= 15 is 0 Å². The topological polar surface area (TPSA) is 32.8 Å². The third-order valence-corrected chi connectivity index (χ3v) is 6.30. The van der Waals surface area contributed by atoms with Crippen LogP contribution in [0.15, 0.2) is 18.2 Å². The highest BCUT2D eigenvalue weighted by molar-refractivity contribution is 5.79. The van der Waals surface area contributed by atoms with Gasteiger partial charge in [-0.05, 0) is 55.8 Å². The lowest BCUT2D eigenvalue weighted by atomic mass is 9.84. The van der Waals surface area contributed by atoms with Gasteiger partial charge < -0.3 is 14.5 Å². The molecular weight excluding hydrogens is 312 g/mol. The molecule has 136 valence electrons. The van der Waals surface area contributed by atoms with Gasteiger partial charge in [-0.2, -0.15) is 0 Å². The van der Waals surface area contributed by atoms with Crippen LogP contribution >= 0.6 is 0 Å².